The van der Waals surface area contributed by atoms with Crippen LogP contribution in [0.15, 0.2) is 36.8 Å². The number of nitrogens with one attached hydrogen (secondary N) is 1. The van der Waals surface area contributed by atoms with Crippen molar-refractivity contribution in [1.29, 1.82) is 0 Å². The number of nitrogens with zero attached hydrogens (tertiary/aromatic N) is 4. The number of aromatic nitrogens is 4. The van der Waals surface area contributed by atoms with Gasteiger partial charge in [0.2, 0.25) is 5.95 Å². The lowest BCUT2D eigenvalue weighted by molar-refractivity contribution is 0.314. The van der Waals surface area contributed by atoms with Crippen molar-refractivity contribution in [2.24, 2.45) is 7.05 Å². The summed E-state index contributed by atoms with van der Waals surface area (Å²) >= 11 is -0.438. The average Bonchev–Trinajstić information content (AvgIpc) is 3.32. The van der Waals surface area contributed by atoms with E-state index >= 15 is 0 Å². The van der Waals surface area contributed by atoms with Gasteiger partial charge in [0, 0.05) is 41.1 Å². The topological polar surface area (TPSA) is 114 Å². The molecule has 0 saturated heterocycles. The van der Waals surface area contributed by atoms with Crippen LogP contribution in [0.5, 0.6) is 11.5 Å². The third-order valence-electron chi connectivity index (χ3n) is 4.73. The summed E-state index contributed by atoms with van der Waals surface area (Å²) in [5.74, 6) is 1.83. The van der Waals surface area contributed by atoms with Crippen LogP contribution in [-0.2, 0) is 18.1 Å². The predicted octanol–water partition coefficient (Wildman–Crippen LogP) is 3.80. The summed E-state index contributed by atoms with van der Waals surface area (Å²) in [6.07, 6.45) is 5.80. The fourth-order valence-corrected chi connectivity index (χ4v) is 4.68. The fourth-order valence-electron chi connectivity index (χ4n) is 3.33. The van der Waals surface area contributed by atoms with E-state index in [0.717, 1.165) is 31.9 Å². The lowest BCUT2D eigenvalue weighted by Gasteiger charge is -2.13. The van der Waals surface area contributed by atoms with Crippen LogP contribution in [0.4, 0.5) is 11.6 Å². The van der Waals surface area contributed by atoms with Crippen LogP contribution >= 0.6 is 11.3 Å². The summed E-state index contributed by atoms with van der Waals surface area (Å²) in [5.41, 5.74) is 3.51. The molecule has 3 aromatic heterocycles. The van der Waals surface area contributed by atoms with Gasteiger partial charge in [-0.05, 0) is 25.5 Å². The molecule has 0 aliphatic heterocycles. The maximum atomic E-state index is 10.7. The van der Waals surface area contributed by atoms with Crippen LogP contribution in [0.3, 0.4) is 0 Å². The number of thiophene rings is 1. The first kappa shape index (κ1) is 22.2. The molecule has 11 heteroatoms. The number of hydrogen-bond acceptors (Lipinski definition) is 9. The number of benzene rings is 1. The van der Waals surface area contributed by atoms with Crippen molar-refractivity contribution >= 4 is 44.3 Å². The van der Waals surface area contributed by atoms with Gasteiger partial charge in [-0.1, -0.05) is 11.1 Å². The summed E-state index contributed by atoms with van der Waals surface area (Å²) in [7, 11) is 3.46. The number of ether oxygens (including phenoxy) is 2. The monoisotopic (exact) mass is 472 g/mol. The van der Waals surface area contributed by atoms with E-state index < -0.39 is 11.1 Å². The molecule has 0 aliphatic carbocycles. The number of anilines is 2. The van der Waals surface area contributed by atoms with Crippen LogP contribution in [0.1, 0.15) is 11.3 Å². The molecule has 1 aromatic carbocycles. The van der Waals surface area contributed by atoms with Crippen molar-refractivity contribution in [3.8, 4) is 22.6 Å². The molecule has 0 fully saturated rings. The van der Waals surface area contributed by atoms with E-state index in [1.165, 1.54) is 0 Å². The predicted molar refractivity (Wildman–Crippen MR) is 125 cm³/mol. The molecule has 1 unspecified atom stereocenters. The Morgan fingerprint density at radius 3 is 2.88 bits per heavy atom. The molecule has 168 valence electrons. The molecule has 0 saturated carbocycles. The Kier molecular flexibility index (Phi) is 6.68. The van der Waals surface area contributed by atoms with Gasteiger partial charge in [0.05, 0.1) is 42.0 Å². The Labute approximate surface area is 191 Å². The zero-order valence-electron chi connectivity index (χ0n) is 17.8. The molecule has 0 aliphatic rings. The minimum absolute atomic E-state index is 0.0738. The third-order valence-corrected chi connectivity index (χ3v) is 6.39. The van der Waals surface area contributed by atoms with E-state index in [9.17, 15) is 8.76 Å². The first-order valence-corrected chi connectivity index (χ1v) is 11.9. The fraction of sp³-hybridized carbons (Fsp3) is 0.286. The highest BCUT2D eigenvalue weighted by Crippen LogP contribution is 2.42. The molecule has 1 atom stereocenters. The van der Waals surface area contributed by atoms with Gasteiger partial charge in [-0.2, -0.15) is 5.10 Å². The van der Waals surface area contributed by atoms with Crippen molar-refractivity contribution in [2.45, 2.75) is 13.3 Å². The number of methoxy groups -OCH3 is 1. The molecule has 4 aromatic rings. The van der Waals surface area contributed by atoms with E-state index in [-0.39, 0.29) is 5.75 Å². The SMILES string of the molecule is COc1cc(OCCCS(=O)[O-])ccc1-c1c(C)sc2cnc(Nc3cnn(C)c3)nc12. The van der Waals surface area contributed by atoms with E-state index in [2.05, 4.69) is 15.4 Å². The van der Waals surface area contributed by atoms with Gasteiger partial charge < -0.3 is 19.3 Å². The Balaban J connectivity index is 1.64. The Morgan fingerprint density at radius 1 is 1.31 bits per heavy atom. The molecule has 0 radical (unpaired) electrons. The van der Waals surface area contributed by atoms with Crippen LogP contribution in [0.2, 0.25) is 0 Å². The maximum Gasteiger partial charge on any atom is 0.227 e. The molecule has 0 spiro atoms. The number of fused-ring (bicyclic) bond motifs is 1. The zero-order valence-corrected chi connectivity index (χ0v) is 19.5. The highest BCUT2D eigenvalue weighted by Gasteiger charge is 2.18. The first-order valence-electron chi connectivity index (χ1n) is 9.83. The molecule has 0 bridgehead atoms. The van der Waals surface area contributed by atoms with Crippen LogP contribution in [0, 0.1) is 6.92 Å². The second-order valence-corrected chi connectivity index (χ2v) is 9.31. The summed E-state index contributed by atoms with van der Waals surface area (Å²) in [5, 5.41) is 7.34. The second kappa shape index (κ2) is 9.63. The highest BCUT2D eigenvalue weighted by atomic mass is 32.2. The van der Waals surface area contributed by atoms with Gasteiger partial charge in [0.25, 0.3) is 0 Å². The molecule has 9 nitrogen and oxygen atoms in total. The van der Waals surface area contributed by atoms with Gasteiger partial charge in [-0.25, -0.2) is 9.97 Å². The zero-order chi connectivity index (χ0) is 22.7. The van der Waals surface area contributed by atoms with E-state index in [1.807, 2.05) is 44.6 Å². The lowest BCUT2D eigenvalue weighted by atomic mass is 10.0. The highest BCUT2D eigenvalue weighted by molar-refractivity contribution is 7.79. The largest absolute Gasteiger partial charge is 0.772 e. The molecular weight excluding hydrogens is 450 g/mol. The Bertz CT molecular complexity index is 1270. The first-order chi connectivity index (χ1) is 15.4. The lowest BCUT2D eigenvalue weighted by Crippen LogP contribution is -2.04. The summed E-state index contributed by atoms with van der Waals surface area (Å²) < 4.78 is 35.3. The number of rotatable bonds is 9. The molecule has 32 heavy (non-hydrogen) atoms. The second-order valence-electron chi connectivity index (χ2n) is 7.04. The van der Waals surface area contributed by atoms with Gasteiger partial charge in [0.15, 0.2) is 0 Å². The molecule has 1 N–H and O–H groups in total. The average molecular weight is 473 g/mol. The van der Waals surface area contributed by atoms with E-state index in [1.54, 1.807) is 29.3 Å². The van der Waals surface area contributed by atoms with Crippen molar-refractivity contribution in [3.05, 3.63) is 41.7 Å². The number of hydrogen-bond donors (Lipinski definition) is 1. The minimum atomic E-state index is -2.06. The quantitative estimate of drug-likeness (QED) is 0.289. The smallest absolute Gasteiger partial charge is 0.227 e. The van der Waals surface area contributed by atoms with Crippen molar-refractivity contribution in [2.75, 3.05) is 24.8 Å². The van der Waals surface area contributed by atoms with Gasteiger partial charge >= 0.3 is 0 Å². The van der Waals surface area contributed by atoms with E-state index in [0.29, 0.717) is 30.5 Å². The Morgan fingerprint density at radius 2 is 2.16 bits per heavy atom. The maximum absolute atomic E-state index is 10.7. The van der Waals surface area contributed by atoms with Crippen molar-refractivity contribution < 1.29 is 18.2 Å². The number of aryl methyl sites for hydroxylation is 2. The standard InChI is InChI=1S/C21H23N5O4S2/c1-13-19(16-6-5-15(9-17(16)29-3)30-7-4-8-32(27)28)20-18(31-13)11-22-21(25-20)24-14-10-23-26(2)12-14/h5-6,9-12H,4,7-8H2,1-3H3,(H,27,28)(H,22,24,25)/p-1. The summed E-state index contributed by atoms with van der Waals surface area (Å²) in [4.78, 5) is 10.3. The van der Waals surface area contributed by atoms with Crippen LogP contribution < -0.4 is 14.8 Å². The van der Waals surface area contributed by atoms with Crippen LogP contribution in [-0.4, -0.2) is 48.0 Å². The van der Waals surface area contributed by atoms with Gasteiger partial charge in [-0.15, -0.1) is 11.3 Å². The van der Waals surface area contributed by atoms with Gasteiger partial charge in [0.1, 0.15) is 11.5 Å². The molecular formula is C21H22N5O4S2-. The molecule has 3 heterocycles. The molecule has 4 rings (SSSR count). The normalized spacial score (nSPS) is 12.1. The molecule has 0 amide bonds. The Hall–Kier alpha value is -3.02. The van der Waals surface area contributed by atoms with Gasteiger partial charge in [-0.3, -0.25) is 8.89 Å². The van der Waals surface area contributed by atoms with Crippen molar-refractivity contribution in [1.82, 2.24) is 19.7 Å². The third kappa shape index (κ3) is 4.90. The summed E-state index contributed by atoms with van der Waals surface area (Å²) in [6, 6.07) is 5.60. The van der Waals surface area contributed by atoms with Crippen molar-refractivity contribution in [3.63, 3.8) is 0 Å². The minimum Gasteiger partial charge on any atom is -0.772 e. The van der Waals surface area contributed by atoms with E-state index in [4.69, 9.17) is 14.5 Å². The van der Waals surface area contributed by atoms with Crippen LogP contribution in [0.25, 0.3) is 21.3 Å². The summed E-state index contributed by atoms with van der Waals surface area (Å²) in [6.45, 7) is 2.36.